The summed E-state index contributed by atoms with van der Waals surface area (Å²) in [5, 5.41) is 0. The lowest BCUT2D eigenvalue weighted by atomic mass is 10.1. The number of benzene rings is 1. The minimum absolute atomic E-state index is 0.528. The summed E-state index contributed by atoms with van der Waals surface area (Å²) in [6, 6.07) is 7.81. The highest BCUT2D eigenvalue weighted by Gasteiger charge is 2.09. The van der Waals surface area contributed by atoms with Gasteiger partial charge in [-0.3, -0.25) is 0 Å². The van der Waals surface area contributed by atoms with E-state index in [4.69, 9.17) is 5.84 Å². The number of nitrogens with two attached hydrogens (primary N) is 1. The number of nitrogens with one attached hydrogen (secondary N) is 1. The molecule has 0 atom stereocenters. The van der Waals surface area contributed by atoms with Gasteiger partial charge in [-0.15, -0.1) is 0 Å². The van der Waals surface area contributed by atoms with E-state index >= 15 is 0 Å². The summed E-state index contributed by atoms with van der Waals surface area (Å²) >= 11 is 6.95. The first-order valence-corrected chi connectivity index (χ1v) is 7.88. The summed E-state index contributed by atoms with van der Waals surface area (Å²) in [7, 11) is 0. The molecule has 0 saturated heterocycles. The van der Waals surface area contributed by atoms with E-state index in [1.165, 1.54) is 0 Å². The van der Waals surface area contributed by atoms with Crippen LogP contribution in [-0.4, -0.2) is 9.97 Å². The number of hydrogen-bond acceptors (Lipinski definition) is 4. The third-order valence-corrected chi connectivity index (χ3v) is 4.60. The van der Waals surface area contributed by atoms with Crippen LogP contribution in [0.5, 0.6) is 0 Å². The average molecular weight is 400 g/mol. The van der Waals surface area contributed by atoms with Crippen LogP contribution in [0.3, 0.4) is 0 Å². The summed E-state index contributed by atoms with van der Waals surface area (Å²) in [5.74, 6) is 7.32. The molecule has 2 rings (SSSR count). The van der Waals surface area contributed by atoms with Crippen molar-refractivity contribution in [3.8, 4) is 11.4 Å². The summed E-state index contributed by atoms with van der Waals surface area (Å²) in [4.78, 5) is 9.04. The van der Waals surface area contributed by atoms with Crippen LogP contribution in [0.4, 0.5) is 5.82 Å². The molecule has 0 bridgehead atoms. The van der Waals surface area contributed by atoms with Gasteiger partial charge in [0.25, 0.3) is 0 Å². The molecule has 3 N–H and O–H groups in total. The van der Waals surface area contributed by atoms with Crippen LogP contribution in [0.2, 0.25) is 0 Å². The Labute approximate surface area is 135 Å². The molecule has 2 aromatic rings. The van der Waals surface area contributed by atoms with Gasteiger partial charge in [-0.25, -0.2) is 15.8 Å². The Morgan fingerprint density at radius 2 is 1.90 bits per heavy atom. The fraction of sp³-hybridized carbons (Fsp3) is 0.286. The second-order valence-electron chi connectivity index (χ2n) is 4.94. The van der Waals surface area contributed by atoms with Crippen molar-refractivity contribution in [2.75, 3.05) is 5.43 Å². The highest BCUT2D eigenvalue weighted by atomic mass is 79.9. The Bertz CT molecular complexity index is 614. The van der Waals surface area contributed by atoms with Crippen LogP contribution < -0.4 is 11.3 Å². The van der Waals surface area contributed by atoms with Gasteiger partial charge >= 0.3 is 0 Å². The molecule has 1 aromatic heterocycles. The van der Waals surface area contributed by atoms with Crippen LogP contribution >= 0.6 is 31.9 Å². The Morgan fingerprint density at radius 1 is 1.15 bits per heavy atom. The highest BCUT2D eigenvalue weighted by molar-refractivity contribution is 9.13. The van der Waals surface area contributed by atoms with Crippen LogP contribution in [-0.2, 0) is 6.42 Å². The summed E-state index contributed by atoms with van der Waals surface area (Å²) < 4.78 is 1.96. The molecule has 0 amide bonds. The zero-order chi connectivity index (χ0) is 14.7. The second-order valence-corrected chi connectivity index (χ2v) is 6.65. The molecule has 6 heteroatoms. The molecule has 1 aromatic carbocycles. The minimum atomic E-state index is 0.528. The predicted octanol–water partition coefficient (Wildman–Crippen LogP) is 4.15. The minimum Gasteiger partial charge on any atom is -0.308 e. The van der Waals surface area contributed by atoms with Gasteiger partial charge in [0.2, 0.25) is 0 Å². The molecule has 0 radical (unpaired) electrons. The van der Waals surface area contributed by atoms with Crippen molar-refractivity contribution in [3.63, 3.8) is 0 Å². The van der Waals surface area contributed by atoms with Crippen LogP contribution in [0.1, 0.15) is 19.5 Å². The fourth-order valence-corrected chi connectivity index (χ4v) is 2.48. The van der Waals surface area contributed by atoms with Crippen LogP contribution in [0.15, 0.2) is 33.2 Å². The molecular formula is C14H16Br2N4. The van der Waals surface area contributed by atoms with Gasteiger partial charge in [0.05, 0.1) is 0 Å². The molecule has 0 aliphatic carbocycles. The molecule has 0 spiro atoms. The lowest BCUT2D eigenvalue weighted by molar-refractivity contribution is 0.635. The standard InChI is InChI=1S/C14H16Br2N4/c1-8(2)5-10-7-13(20-17)19-14(18-10)9-3-4-11(15)12(16)6-9/h3-4,6-8H,5,17H2,1-2H3,(H,18,19,20). The molecule has 0 aliphatic heterocycles. The molecule has 0 unspecified atom stereocenters. The van der Waals surface area contributed by atoms with E-state index in [0.717, 1.165) is 26.6 Å². The zero-order valence-corrected chi connectivity index (χ0v) is 14.5. The van der Waals surface area contributed by atoms with Crippen molar-refractivity contribution < 1.29 is 0 Å². The van der Waals surface area contributed by atoms with Crippen molar-refractivity contribution >= 4 is 37.7 Å². The van der Waals surface area contributed by atoms with E-state index in [0.29, 0.717) is 17.6 Å². The molecule has 0 aliphatic rings. The third kappa shape index (κ3) is 3.77. The maximum absolute atomic E-state index is 5.49. The molecule has 1 heterocycles. The van der Waals surface area contributed by atoms with Crippen molar-refractivity contribution in [2.45, 2.75) is 20.3 Å². The Kier molecular flexibility index (Phi) is 5.12. The Hall–Kier alpha value is -0.980. The number of rotatable bonds is 4. The van der Waals surface area contributed by atoms with E-state index < -0.39 is 0 Å². The first-order chi connectivity index (χ1) is 9.49. The second kappa shape index (κ2) is 6.65. The molecule has 4 nitrogen and oxygen atoms in total. The van der Waals surface area contributed by atoms with E-state index in [1.54, 1.807) is 0 Å². The van der Waals surface area contributed by atoms with Crippen molar-refractivity contribution in [1.82, 2.24) is 9.97 Å². The monoisotopic (exact) mass is 398 g/mol. The Balaban J connectivity index is 2.46. The van der Waals surface area contributed by atoms with Gasteiger partial charge in [-0.2, -0.15) is 0 Å². The lowest BCUT2D eigenvalue weighted by Crippen LogP contribution is -2.11. The first kappa shape index (κ1) is 15.4. The Morgan fingerprint density at radius 3 is 2.50 bits per heavy atom. The van der Waals surface area contributed by atoms with Gasteiger partial charge < -0.3 is 5.43 Å². The number of halogens is 2. The predicted molar refractivity (Wildman–Crippen MR) is 89.2 cm³/mol. The van der Waals surface area contributed by atoms with Crippen LogP contribution in [0, 0.1) is 5.92 Å². The smallest absolute Gasteiger partial charge is 0.161 e. The van der Waals surface area contributed by atoms with Gasteiger partial charge in [-0.1, -0.05) is 13.8 Å². The third-order valence-electron chi connectivity index (χ3n) is 2.72. The maximum atomic E-state index is 5.49. The SMILES string of the molecule is CC(C)Cc1cc(NN)nc(-c2ccc(Br)c(Br)c2)n1. The van der Waals surface area contributed by atoms with E-state index in [1.807, 2.05) is 24.3 Å². The number of aromatic nitrogens is 2. The number of nitrogen functional groups attached to an aromatic ring is 1. The van der Waals surface area contributed by atoms with Gasteiger partial charge in [-0.05, 0) is 62.4 Å². The van der Waals surface area contributed by atoms with E-state index in [9.17, 15) is 0 Å². The number of anilines is 1. The van der Waals surface area contributed by atoms with Gasteiger partial charge in [0.15, 0.2) is 5.82 Å². The molecular weight excluding hydrogens is 384 g/mol. The number of hydrogen-bond donors (Lipinski definition) is 2. The quantitative estimate of drug-likeness (QED) is 0.598. The zero-order valence-electron chi connectivity index (χ0n) is 11.3. The molecule has 0 saturated carbocycles. The maximum Gasteiger partial charge on any atom is 0.161 e. The summed E-state index contributed by atoms with van der Waals surface area (Å²) in [5.41, 5.74) is 4.53. The largest absolute Gasteiger partial charge is 0.308 e. The molecule has 0 fully saturated rings. The molecule has 106 valence electrons. The van der Waals surface area contributed by atoms with Crippen molar-refractivity contribution in [3.05, 3.63) is 38.9 Å². The lowest BCUT2D eigenvalue weighted by Gasteiger charge is -2.10. The van der Waals surface area contributed by atoms with E-state index in [-0.39, 0.29) is 0 Å². The average Bonchev–Trinajstić information content (AvgIpc) is 2.40. The van der Waals surface area contributed by atoms with Crippen LogP contribution in [0.25, 0.3) is 11.4 Å². The van der Waals surface area contributed by atoms with Gasteiger partial charge in [0.1, 0.15) is 5.82 Å². The van der Waals surface area contributed by atoms with Crippen molar-refractivity contribution in [2.24, 2.45) is 11.8 Å². The summed E-state index contributed by atoms with van der Waals surface area (Å²) in [6.07, 6.45) is 0.891. The summed E-state index contributed by atoms with van der Waals surface area (Å²) in [6.45, 7) is 4.32. The first-order valence-electron chi connectivity index (χ1n) is 6.29. The molecule has 20 heavy (non-hydrogen) atoms. The normalized spacial score (nSPS) is 10.9. The topological polar surface area (TPSA) is 63.8 Å². The number of nitrogens with zero attached hydrogens (tertiary/aromatic N) is 2. The van der Waals surface area contributed by atoms with E-state index in [2.05, 4.69) is 61.1 Å². The highest BCUT2D eigenvalue weighted by Crippen LogP contribution is 2.28. The fourth-order valence-electron chi connectivity index (χ4n) is 1.86. The van der Waals surface area contributed by atoms with Gasteiger partial charge in [0, 0.05) is 26.3 Å². The number of hydrazine groups is 1. The van der Waals surface area contributed by atoms with Crippen molar-refractivity contribution in [1.29, 1.82) is 0 Å².